The summed E-state index contributed by atoms with van der Waals surface area (Å²) in [6.45, 7) is 3.98. The van der Waals surface area contributed by atoms with E-state index in [1.54, 1.807) is 11.9 Å². The second-order valence-electron chi connectivity index (χ2n) is 8.27. The Morgan fingerprint density at radius 3 is 2.26 bits per heavy atom. The summed E-state index contributed by atoms with van der Waals surface area (Å²) < 4.78 is 0. The number of guanidine groups is 1. The molecule has 1 fully saturated rings. The largest absolute Gasteiger partial charge is 0.355 e. The van der Waals surface area contributed by atoms with Gasteiger partial charge in [-0.15, -0.1) is 24.0 Å². The summed E-state index contributed by atoms with van der Waals surface area (Å²) in [6, 6.07) is 7.58. The molecule has 174 valence electrons. The van der Waals surface area contributed by atoms with Crippen LogP contribution in [0.15, 0.2) is 29.3 Å². The number of aliphatic imine (C=N–C) groups is 1. The molecular weight excluding hydrogens is 505 g/mol. The Labute approximate surface area is 203 Å². The SMILES string of the molecule is CCCCNC(=O)c1ccc(CNC(=NC)NCC2(C(=O)N(C)C)CCCC2)cc1.I. The summed E-state index contributed by atoms with van der Waals surface area (Å²) >= 11 is 0. The van der Waals surface area contributed by atoms with Crippen molar-refractivity contribution in [2.24, 2.45) is 10.4 Å². The van der Waals surface area contributed by atoms with Gasteiger partial charge in [-0.2, -0.15) is 0 Å². The second-order valence-corrected chi connectivity index (χ2v) is 8.27. The maximum atomic E-state index is 12.7. The number of hydrogen-bond acceptors (Lipinski definition) is 3. The molecule has 1 aliphatic carbocycles. The number of carbonyl (C=O) groups is 2. The Morgan fingerprint density at radius 2 is 1.71 bits per heavy atom. The molecule has 0 unspecified atom stereocenters. The third-order valence-electron chi connectivity index (χ3n) is 5.73. The summed E-state index contributed by atoms with van der Waals surface area (Å²) in [5.74, 6) is 0.831. The zero-order valence-electron chi connectivity index (χ0n) is 19.3. The molecule has 1 saturated carbocycles. The van der Waals surface area contributed by atoms with Crippen molar-refractivity contribution in [2.75, 3.05) is 34.2 Å². The molecule has 0 saturated heterocycles. The average Bonchev–Trinajstić information content (AvgIpc) is 3.23. The average molecular weight is 543 g/mol. The van der Waals surface area contributed by atoms with E-state index in [9.17, 15) is 9.59 Å². The molecule has 1 aromatic rings. The van der Waals surface area contributed by atoms with Crippen LogP contribution in [-0.4, -0.2) is 56.9 Å². The summed E-state index contributed by atoms with van der Waals surface area (Å²) in [5, 5.41) is 9.57. The molecule has 1 aliphatic rings. The highest BCUT2D eigenvalue weighted by Gasteiger charge is 2.42. The number of halogens is 1. The minimum atomic E-state index is -0.339. The molecule has 8 heteroatoms. The number of amides is 2. The van der Waals surface area contributed by atoms with Gasteiger partial charge in [0.15, 0.2) is 5.96 Å². The minimum absolute atomic E-state index is 0. The fourth-order valence-electron chi connectivity index (χ4n) is 3.91. The van der Waals surface area contributed by atoms with Gasteiger partial charge in [-0.3, -0.25) is 14.6 Å². The van der Waals surface area contributed by atoms with Crippen molar-refractivity contribution in [1.29, 1.82) is 0 Å². The first kappa shape index (κ1) is 27.2. The van der Waals surface area contributed by atoms with E-state index in [4.69, 9.17) is 0 Å². The number of nitrogens with zero attached hydrogens (tertiary/aromatic N) is 2. The molecule has 0 heterocycles. The Morgan fingerprint density at radius 1 is 1.06 bits per heavy atom. The smallest absolute Gasteiger partial charge is 0.251 e. The molecule has 3 N–H and O–H groups in total. The van der Waals surface area contributed by atoms with Crippen molar-refractivity contribution in [3.8, 4) is 0 Å². The first-order chi connectivity index (χ1) is 14.4. The number of benzene rings is 1. The highest BCUT2D eigenvalue weighted by atomic mass is 127. The standard InChI is InChI=1S/C23H37N5O2.HI/c1-5-6-15-25-20(29)19-11-9-18(10-12-19)16-26-22(24-2)27-17-23(13-7-8-14-23)21(30)28(3)4;/h9-12H,5-8,13-17H2,1-4H3,(H,25,29)(H2,24,26,27);1H. The molecule has 0 bridgehead atoms. The fraction of sp³-hybridized carbons (Fsp3) is 0.609. The molecule has 1 aromatic carbocycles. The van der Waals surface area contributed by atoms with Crippen molar-refractivity contribution in [3.63, 3.8) is 0 Å². The van der Waals surface area contributed by atoms with Crippen LogP contribution in [0.1, 0.15) is 61.4 Å². The number of rotatable bonds is 9. The van der Waals surface area contributed by atoms with Crippen LogP contribution >= 0.6 is 24.0 Å². The first-order valence-electron chi connectivity index (χ1n) is 11.0. The van der Waals surface area contributed by atoms with E-state index in [-0.39, 0.29) is 41.2 Å². The lowest BCUT2D eigenvalue weighted by atomic mass is 9.84. The van der Waals surface area contributed by atoms with Gasteiger partial charge >= 0.3 is 0 Å². The lowest BCUT2D eigenvalue weighted by Gasteiger charge is -2.31. The van der Waals surface area contributed by atoms with Gasteiger partial charge in [0.1, 0.15) is 0 Å². The molecule has 2 amide bonds. The van der Waals surface area contributed by atoms with Gasteiger partial charge in [0.25, 0.3) is 5.91 Å². The van der Waals surface area contributed by atoms with Gasteiger partial charge in [-0.1, -0.05) is 38.3 Å². The molecule has 31 heavy (non-hydrogen) atoms. The molecule has 0 aliphatic heterocycles. The van der Waals surface area contributed by atoms with Crippen LogP contribution in [0.25, 0.3) is 0 Å². The zero-order chi connectivity index (χ0) is 22.0. The Bertz CT molecular complexity index is 728. The molecule has 7 nitrogen and oxygen atoms in total. The van der Waals surface area contributed by atoms with Crippen molar-refractivity contribution in [2.45, 2.75) is 52.0 Å². The highest BCUT2D eigenvalue weighted by Crippen LogP contribution is 2.38. The zero-order valence-corrected chi connectivity index (χ0v) is 21.6. The van der Waals surface area contributed by atoms with E-state index in [1.165, 1.54) is 0 Å². The summed E-state index contributed by atoms with van der Waals surface area (Å²) in [4.78, 5) is 30.8. The first-order valence-corrected chi connectivity index (χ1v) is 11.0. The molecule has 0 aromatic heterocycles. The number of unbranched alkanes of at least 4 members (excludes halogenated alkanes) is 1. The van der Waals surface area contributed by atoms with Crippen LogP contribution in [-0.2, 0) is 11.3 Å². The van der Waals surface area contributed by atoms with E-state index in [2.05, 4.69) is 27.9 Å². The molecule has 0 spiro atoms. The predicted octanol–water partition coefficient (Wildman–Crippen LogP) is 3.15. The van der Waals surface area contributed by atoms with Gasteiger partial charge in [0.2, 0.25) is 5.91 Å². The quantitative estimate of drug-likeness (QED) is 0.193. The fourth-order valence-corrected chi connectivity index (χ4v) is 3.91. The Balaban J connectivity index is 0.00000480. The second kappa shape index (κ2) is 13.5. The van der Waals surface area contributed by atoms with Crippen molar-refractivity contribution >= 4 is 41.8 Å². The van der Waals surface area contributed by atoms with Gasteiger partial charge in [-0.05, 0) is 37.0 Å². The number of nitrogens with one attached hydrogen (secondary N) is 3. The van der Waals surface area contributed by atoms with E-state index >= 15 is 0 Å². The molecule has 0 atom stereocenters. The van der Waals surface area contributed by atoms with Gasteiger partial charge in [-0.25, -0.2) is 0 Å². The van der Waals surface area contributed by atoms with Crippen LogP contribution in [0.4, 0.5) is 0 Å². The van der Waals surface area contributed by atoms with Crippen molar-refractivity contribution < 1.29 is 9.59 Å². The van der Waals surface area contributed by atoms with Crippen LogP contribution < -0.4 is 16.0 Å². The molecule has 0 radical (unpaired) electrons. The maximum Gasteiger partial charge on any atom is 0.251 e. The van der Waals surface area contributed by atoms with Crippen LogP contribution in [0.5, 0.6) is 0 Å². The van der Waals surface area contributed by atoms with Crippen LogP contribution in [0.3, 0.4) is 0 Å². The maximum absolute atomic E-state index is 12.7. The lowest BCUT2D eigenvalue weighted by molar-refractivity contribution is -0.138. The molecular formula is C23H38IN5O2. The van der Waals surface area contributed by atoms with E-state index in [0.717, 1.165) is 44.1 Å². The third-order valence-corrected chi connectivity index (χ3v) is 5.73. The van der Waals surface area contributed by atoms with Gasteiger partial charge < -0.3 is 20.9 Å². The van der Waals surface area contributed by atoms with E-state index in [0.29, 0.717) is 31.2 Å². The normalized spacial score (nSPS) is 15.0. The summed E-state index contributed by atoms with van der Waals surface area (Å²) in [7, 11) is 5.38. The minimum Gasteiger partial charge on any atom is -0.355 e. The summed E-state index contributed by atoms with van der Waals surface area (Å²) in [6.07, 6.45) is 6.05. The van der Waals surface area contributed by atoms with Crippen molar-refractivity contribution in [1.82, 2.24) is 20.9 Å². The third kappa shape index (κ3) is 7.97. The lowest BCUT2D eigenvalue weighted by Crippen LogP contribution is -2.49. The predicted molar refractivity (Wildman–Crippen MR) is 137 cm³/mol. The van der Waals surface area contributed by atoms with Crippen LogP contribution in [0, 0.1) is 5.41 Å². The highest BCUT2D eigenvalue weighted by molar-refractivity contribution is 14.0. The van der Waals surface area contributed by atoms with Crippen molar-refractivity contribution in [3.05, 3.63) is 35.4 Å². The van der Waals surface area contributed by atoms with Gasteiger partial charge in [0.05, 0.1) is 5.41 Å². The van der Waals surface area contributed by atoms with Crippen LogP contribution in [0.2, 0.25) is 0 Å². The molecule has 2 rings (SSSR count). The Kier molecular flexibility index (Phi) is 11.9. The Hall–Kier alpha value is -1.84. The topological polar surface area (TPSA) is 85.8 Å². The van der Waals surface area contributed by atoms with E-state index < -0.39 is 0 Å². The number of carbonyl (C=O) groups excluding carboxylic acids is 2. The number of hydrogen-bond donors (Lipinski definition) is 3. The summed E-state index contributed by atoms with van der Waals surface area (Å²) in [5.41, 5.74) is 1.39. The van der Waals surface area contributed by atoms with E-state index in [1.807, 2.05) is 38.4 Å². The van der Waals surface area contributed by atoms with Gasteiger partial charge in [0, 0.05) is 46.3 Å². The monoisotopic (exact) mass is 543 g/mol.